The van der Waals surface area contributed by atoms with Crippen molar-refractivity contribution < 1.29 is 23.9 Å². The molecule has 1 aliphatic heterocycles. The Morgan fingerprint density at radius 2 is 1.56 bits per heavy atom. The van der Waals surface area contributed by atoms with Crippen molar-refractivity contribution in [2.75, 3.05) is 18.5 Å². The van der Waals surface area contributed by atoms with Crippen molar-refractivity contribution in [1.29, 1.82) is 0 Å². The van der Waals surface area contributed by atoms with Crippen LogP contribution in [-0.4, -0.2) is 30.7 Å². The van der Waals surface area contributed by atoms with E-state index in [4.69, 9.17) is 9.47 Å². The van der Waals surface area contributed by atoms with Gasteiger partial charge in [-0.15, -0.1) is 0 Å². The van der Waals surface area contributed by atoms with Gasteiger partial charge in [0.25, 0.3) is 5.91 Å². The predicted octanol–water partition coefficient (Wildman–Crippen LogP) is 7.30. The van der Waals surface area contributed by atoms with Crippen molar-refractivity contribution in [3.05, 3.63) is 73.1 Å². The maximum atomic E-state index is 13.7. The molecular formula is C35H41IN2O5. The van der Waals surface area contributed by atoms with Crippen LogP contribution in [0.3, 0.4) is 0 Å². The van der Waals surface area contributed by atoms with E-state index in [-0.39, 0.29) is 34.9 Å². The lowest BCUT2D eigenvalue weighted by Crippen LogP contribution is -2.42. The summed E-state index contributed by atoms with van der Waals surface area (Å²) in [4.78, 5) is 40.3. The molecule has 43 heavy (non-hydrogen) atoms. The molecule has 0 saturated heterocycles. The largest absolute Gasteiger partial charge is 0.490 e. The molecule has 5 rings (SSSR count). The molecule has 1 amide bonds. The third kappa shape index (κ3) is 6.40. The smallest absolute Gasteiger partial charge is 0.262 e. The van der Waals surface area contributed by atoms with Crippen molar-refractivity contribution in [2.24, 2.45) is 10.8 Å². The Balaban J connectivity index is 1.52. The van der Waals surface area contributed by atoms with E-state index in [1.165, 1.54) is 0 Å². The van der Waals surface area contributed by atoms with Gasteiger partial charge in [-0.1, -0.05) is 39.8 Å². The fourth-order valence-electron chi connectivity index (χ4n) is 6.59. The number of carbonyl (C=O) groups is 3. The monoisotopic (exact) mass is 696 g/mol. The SMILES string of the molecule is CCOc1cc(C2C3=C(CC(C)(C)CC3=O)NC3=C2C(=O)CC(C)(C)C3)cc(I)c1OCC(=O)Nc1cccc(C)c1C. The Hall–Kier alpha value is -3.14. The average Bonchev–Trinajstić information content (AvgIpc) is 2.88. The first-order valence-electron chi connectivity index (χ1n) is 14.9. The van der Waals surface area contributed by atoms with E-state index < -0.39 is 5.92 Å². The van der Waals surface area contributed by atoms with Crippen LogP contribution in [-0.2, 0) is 14.4 Å². The lowest BCUT2D eigenvalue weighted by atomic mass is 9.64. The van der Waals surface area contributed by atoms with Gasteiger partial charge in [0.2, 0.25) is 0 Å². The third-order valence-corrected chi connectivity index (χ3v) is 9.41. The summed E-state index contributed by atoms with van der Waals surface area (Å²) in [6, 6.07) is 9.63. The Morgan fingerprint density at radius 3 is 2.14 bits per heavy atom. The highest BCUT2D eigenvalue weighted by Gasteiger charge is 2.46. The normalized spacial score (nSPS) is 19.4. The number of amides is 1. The quantitative estimate of drug-likeness (QED) is 0.296. The molecule has 0 bridgehead atoms. The van der Waals surface area contributed by atoms with Gasteiger partial charge in [-0.25, -0.2) is 0 Å². The molecule has 0 spiro atoms. The van der Waals surface area contributed by atoms with Crippen molar-refractivity contribution in [1.82, 2.24) is 5.32 Å². The molecule has 1 heterocycles. The molecule has 3 aliphatic rings. The number of nitrogens with one attached hydrogen (secondary N) is 2. The highest BCUT2D eigenvalue weighted by Crippen LogP contribution is 2.52. The topological polar surface area (TPSA) is 93.7 Å². The van der Waals surface area contributed by atoms with E-state index in [0.29, 0.717) is 42.1 Å². The second-order valence-corrected chi connectivity index (χ2v) is 14.7. The van der Waals surface area contributed by atoms with E-state index in [9.17, 15) is 14.4 Å². The zero-order chi connectivity index (χ0) is 31.3. The van der Waals surface area contributed by atoms with Crippen LogP contribution in [0.2, 0.25) is 0 Å². The second-order valence-electron chi connectivity index (χ2n) is 13.6. The number of anilines is 1. The number of rotatable bonds is 7. The maximum Gasteiger partial charge on any atom is 0.262 e. The molecule has 0 saturated carbocycles. The summed E-state index contributed by atoms with van der Waals surface area (Å²) in [6.07, 6.45) is 2.33. The first-order valence-corrected chi connectivity index (χ1v) is 16.0. The van der Waals surface area contributed by atoms with Gasteiger partial charge >= 0.3 is 0 Å². The number of allylic oxidation sites excluding steroid dienone is 4. The fraction of sp³-hybridized carbons (Fsp3) is 0.457. The minimum atomic E-state index is -0.479. The van der Waals surface area contributed by atoms with Gasteiger partial charge in [0, 0.05) is 47.0 Å². The fourth-order valence-corrected chi connectivity index (χ4v) is 7.37. The Bertz CT molecular complexity index is 1530. The number of Topliss-reactive ketones (excluding diaryl/α,β-unsaturated/α-hetero) is 2. The summed E-state index contributed by atoms with van der Waals surface area (Å²) in [5.74, 6) is 0.345. The number of dihydropyridines is 1. The minimum Gasteiger partial charge on any atom is -0.490 e. The summed E-state index contributed by atoms with van der Waals surface area (Å²) >= 11 is 2.19. The number of halogens is 1. The van der Waals surface area contributed by atoms with Crippen LogP contribution in [0.15, 0.2) is 52.9 Å². The molecule has 0 atom stereocenters. The van der Waals surface area contributed by atoms with Crippen LogP contribution in [0.25, 0.3) is 0 Å². The van der Waals surface area contributed by atoms with Crippen molar-refractivity contribution in [3.63, 3.8) is 0 Å². The van der Waals surface area contributed by atoms with Gasteiger partial charge in [0.15, 0.2) is 29.7 Å². The summed E-state index contributed by atoms with van der Waals surface area (Å²) in [5, 5.41) is 6.51. The second kappa shape index (κ2) is 11.7. The number of ether oxygens (including phenoxy) is 2. The molecule has 7 nitrogen and oxygen atoms in total. The molecule has 2 aliphatic carbocycles. The van der Waals surface area contributed by atoms with Gasteiger partial charge in [-0.3, -0.25) is 14.4 Å². The predicted molar refractivity (Wildman–Crippen MR) is 176 cm³/mol. The highest BCUT2D eigenvalue weighted by molar-refractivity contribution is 14.1. The van der Waals surface area contributed by atoms with Crippen molar-refractivity contribution in [3.8, 4) is 11.5 Å². The first kappa shape index (κ1) is 31.3. The van der Waals surface area contributed by atoms with Crippen molar-refractivity contribution in [2.45, 2.75) is 80.1 Å². The lowest BCUT2D eigenvalue weighted by molar-refractivity contribution is -0.119. The van der Waals surface area contributed by atoms with E-state index >= 15 is 0 Å². The van der Waals surface area contributed by atoms with Gasteiger partial charge in [0.1, 0.15) is 0 Å². The Labute approximate surface area is 268 Å². The number of ketones is 2. The molecule has 0 fully saturated rings. The average molecular weight is 697 g/mol. The van der Waals surface area contributed by atoms with Gasteiger partial charge in [0.05, 0.1) is 10.2 Å². The van der Waals surface area contributed by atoms with Crippen LogP contribution in [0.4, 0.5) is 5.69 Å². The Morgan fingerprint density at radius 1 is 0.953 bits per heavy atom. The summed E-state index contributed by atoms with van der Waals surface area (Å²) in [6.45, 7) is 14.5. The van der Waals surface area contributed by atoms with E-state index in [1.807, 2.05) is 51.1 Å². The standard InChI is InChI=1S/C35H41IN2O5/c1-8-42-28-13-21(12-22(36)33(28)43-18-29(41)38-23-11-9-10-19(2)20(23)3)30-31-24(14-34(4,5)16-26(31)39)37-25-15-35(6,7)17-27(40)32(25)30/h9-13,30,37H,8,14-18H2,1-7H3,(H,38,41). The lowest BCUT2D eigenvalue weighted by Gasteiger charge is -2.44. The minimum absolute atomic E-state index is 0.0735. The molecule has 2 aromatic rings. The van der Waals surface area contributed by atoms with Crippen molar-refractivity contribution >= 4 is 45.8 Å². The Kier molecular flexibility index (Phi) is 8.55. The van der Waals surface area contributed by atoms with Gasteiger partial charge < -0.3 is 20.1 Å². The summed E-state index contributed by atoms with van der Waals surface area (Å²) in [5.41, 5.74) is 6.56. The number of carbonyl (C=O) groups excluding carboxylic acids is 3. The van der Waals surface area contributed by atoms with Crippen LogP contribution in [0, 0.1) is 28.2 Å². The number of benzene rings is 2. The van der Waals surface area contributed by atoms with E-state index in [0.717, 1.165) is 50.2 Å². The van der Waals surface area contributed by atoms with E-state index in [2.05, 4.69) is 60.9 Å². The number of hydrogen-bond donors (Lipinski definition) is 2. The third-order valence-electron chi connectivity index (χ3n) is 8.61. The zero-order valence-corrected chi connectivity index (χ0v) is 28.3. The van der Waals surface area contributed by atoms with E-state index in [1.54, 1.807) is 0 Å². The van der Waals surface area contributed by atoms with Crippen LogP contribution in [0.5, 0.6) is 11.5 Å². The van der Waals surface area contributed by atoms with Crippen LogP contribution >= 0.6 is 22.6 Å². The van der Waals surface area contributed by atoms with Gasteiger partial charge in [-0.05, 0) is 102 Å². The molecule has 0 unspecified atom stereocenters. The molecular weight excluding hydrogens is 655 g/mol. The summed E-state index contributed by atoms with van der Waals surface area (Å²) in [7, 11) is 0. The first-order chi connectivity index (χ1) is 20.2. The highest BCUT2D eigenvalue weighted by atomic mass is 127. The molecule has 2 aromatic carbocycles. The number of aryl methyl sites for hydroxylation is 1. The van der Waals surface area contributed by atoms with Gasteiger partial charge in [-0.2, -0.15) is 0 Å². The molecule has 0 aromatic heterocycles. The molecule has 2 N–H and O–H groups in total. The maximum absolute atomic E-state index is 13.7. The zero-order valence-electron chi connectivity index (χ0n) is 26.1. The number of hydrogen-bond acceptors (Lipinski definition) is 6. The summed E-state index contributed by atoms with van der Waals surface area (Å²) < 4.78 is 12.9. The van der Waals surface area contributed by atoms with Crippen LogP contribution < -0.4 is 20.1 Å². The van der Waals surface area contributed by atoms with Crippen LogP contribution in [0.1, 0.15) is 82.9 Å². The molecule has 228 valence electrons. The molecule has 0 radical (unpaired) electrons. The molecule has 8 heteroatoms.